The van der Waals surface area contributed by atoms with Crippen LogP contribution >= 0.6 is 0 Å². The lowest BCUT2D eigenvalue weighted by Crippen LogP contribution is -2.46. The highest BCUT2D eigenvalue weighted by Crippen LogP contribution is 2.31. The van der Waals surface area contributed by atoms with Crippen molar-refractivity contribution in [1.82, 2.24) is 15.3 Å². The largest absolute Gasteiger partial charge is 0.349 e. The molecule has 2 aliphatic rings. The second kappa shape index (κ2) is 4.80. The fourth-order valence-corrected chi connectivity index (χ4v) is 3.17. The molecule has 0 aliphatic carbocycles. The SMILES string of the molecule is CCc1ncnc(N2CCCC3CNCC32)c1F. The average molecular weight is 250 g/mol. The Balaban J connectivity index is 1.93. The molecule has 3 heterocycles. The van der Waals surface area contributed by atoms with Gasteiger partial charge in [0.25, 0.3) is 0 Å². The Morgan fingerprint density at radius 2 is 2.33 bits per heavy atom. The van der Waals surface area contributed by atoms with Crippen LogP contribution in [0.5, 0.6) is 0 Å². The Hall–Kier alpha value is -1.23. The predicted molar refractivity (Wildman–Crippen MR) is 68.1 cm³/mol. The van der Waals surface area contributed by atoms with Crippen molar-refractivity contribution in [2.24, 2.45) is 5.92 Å². The standard InChI is InChI=1S/C13H19FN4/c1-2-10-12(14)13(17-8-16-10)18-5-3-4-9-6-15-7-11(9)18/h8-9,11,15H,2-7H2,1H3. The van der Waals surface area contributed by atoms with E-state index in [-0.39, 0.29) is 5.82 Å². The van der Waals surface area contributed by atoms with E-state index in [0.29, 0.717) is 29.9 Å². The highest BCUT2D eigenvalue weighted by atomic mass is 19.1. The van der Waals surface area contributed by atoms with Gasteiger partial charge in [-0.2, -0.15) is 0 Å². The molecule has 0 radical (unpaired) electrons. The van der Waals surface area contributed by atoms with Gasteiger partial charge < -0.3 is 10.2 Å². The van der Waals surface area contributed by atoms with Gasteiger partial charge >= 0.3 is 0 Å². The molecule has 98 valence electrons. The number of hydrogen-bond donors (Lipinski definition) is 1. The lowest BCUT2D eigenvalue weighted by molar-refractivity contribution is 0.378. The molecule has 2 aliphatic heterocycles. The maximum Gasteiger partial charge on any atom is 0.187 e. The minimum atomic E-state index is -0.229. The summed E-state index contributed by atoms with van der Waals surface area (Å²) in [6.45, 7) is 4.81. The zero-order valence-corrected chi connectivity index (χ0v) is 10.7. The molecule has 1 aromatic rings. The van der Waals surface area contributed by atoms with Crippen LogP contribution in [0.15, 0.2) is 6.33 Å². The molecular formula is C13H19FN4. The number of fused-ring (bicyclic) bond motifs is 1. The highest BCUT2D eigenvalue weighted by Gasteiger charge is 2.36. The van der Waals surface area contributed by atoms with Gasteiger partial charge in [-0.15, -0.1) is 0 Å². The first kappa shape index (κ1) is 11.8. The number of nitrogens with zero attached hydrogens (tertiary/aromatic N) is 3. The quantitative estimate of drug-likeness (QED) is 0.860. The van der Waals surface area contributed by atoms with Gasteiger partial charge in [-0.3, -0.25) is 0 Å². The molecule has 0 amide bonds. The molecule has 1 N–H and O–H groups in total. The Bertz CT molecular complexity index is 437. The van der Waals surface area contributed by atoms with Crippen LogP contribution in [0.25, 0.3) is 0 Å². The Morgan fingerprint density at radius 3 is 3.17 bits per heavy atom. The van der Waals surface area contributed by atoms with Crippen molar-refractivity contribution < 1.29 is 4.39 Å². The fraction of sp³-hybridized carbons (Fsp3) is 0.692. The summed E-state index contributed by atoms with van der Waals surface area (Å²) in [6, 6.07) is 0.396. The van der Waals surface area contributed by atoms with Crippen molar-refractivity contribution in [3.8, 4) is 0 Å². The molecular weight excluding hydrogens is 231 g/mol. The molecule has 2 fully saturated rings. The monoisotopic (exact) mass is 250 g/mol. The normalized spacial score (nSPS) is 27.3. The van der Waals surface area contributed by atoms with E-state index in [2.05, 4.69) is 20.2 Å². The number of halogens is 1. The van der Waals surface area contributed by atoms with Crippen molar-refractivity contribution in [3.05, 3.63) is 17.8 Å². The minimum absolute atomic E-state index is 0.229. The maximum atomic E-state index is 14.3. The molecule has 2 atom stereocenters. The molecule has 0 aromatic carbocycles. The molecule has 5 heteroatoms. The van der Waals surface area contributed by atoms with Crippen molar-refractivity contribution in [2.75, 3.05) is 24.5 Å². The number of hydrogen-bond acceptors (Lipinski definition) is 4. The first-order valence-electron chi connectivity index (χ1n) is 6.78. The van der Waals surface area contributed by atoms with E-state index in [0.717, 1.165) is 26.1 Å². The zero-order valence-electron chi connectivity index (χ0n) is 10.7. The van der Waals surface area contributed by atoms with Gasteiger partial charge in [0.05, 0.1) is 5.69 Å². The van der Waals surface area contributed by atoms with Crippen LogP contribution in [0.3, 0.4) is 0 Å². The van der Waals surface area contributed by atoms with Gasteiger partial charge in [-0.05, 0) is 25.2 Å². The number of piperidine rings is 1. The third kappa shape index (κ3) is 1.86. The molecule has 0 saturated carbocycles. The van der Waals surface area contributed by atoms with Crippen LogP contribution in [0.1, 0.15) is 25.5 Å². The smallest absolute Gasteiger partial charge is 0.187 e. The number of aryl methyl sites for hydroxylation is 1. The maximum absolute atomic E-state index is 14.3. The van der Waals surface area contributed by atoms with Crippen LogP contribution in [0.4, 0.5) is 10.2 Å². The second-order valence-electron chi connectivity index (χ2n) is 5.13. The molecule has 4 nitrogen and oxygen atoms in total. The van der Waals surface area contributed by atoms with Crippen molar-refractivity contribution in [2.45, 2.75) is 32.2 Å². The summed E-state index contributed by atoms with van der Waals surface area (Å²) in [5.74, 6) is 0.908. The van der Waals surface area contributed by atoms with E-state index in [4.69, 9.17) is 0 Å². The van der Waals surface area contributed by atoms with E-state index < -0.39 is 0 Å². The summed E-state index contributed by atoms with van der Waals surface area (Å²) in [6.07, 6.45) is 4.46. The van der Waals surface area contributed by atoms with Gasteiger partial charge in [-0.1, -0.05) is 6.92 Å². The van der Waals surface area contributed by atoms with E-state index in [9.17, 15) is 4.39 Å². The Labute approximate surface area is 107 Å². The highest BCUT2D eigenvalue weighted by molar-refractivity contribution is 5.43. The molecule has 1 aromatic heterocycles. The number of rotatable bonds is 2. The summed E-state index contributed by atoms with van der Waals surface area (Å²) in [5, 5.41) is 3.40. The first-order chi connectivity index (χ1) is 8.81. The minimum Gasteiger partial charge on any atom is -0.349 e. The van der Waals surface area contributed by atoms with Crippen LogP contribution < -0.4 is 10.2 Å². The Kier molecular flexibility index (Phi) is 3.16. The summed E-state index contributed by atoms with van der Waals surface area (Å²) < 4.78 is 14.3. The number of nitrogens with one attached hydrogen (secondary N) is 1. The predicted octanol–water partition coefficient (Wildman–Crippen LogP) is 1.37. The van der Waals surface area contributed by atoms with E-state index in [1.54, 1.807) is 0 Å². The molecule has 2 unspecified atom stereocenters. The van der Waals surface area contributed by atoms with Gasteiger partial charge in [-0.25, -0.2) is 14.4 Å². The first-order valence-corrected chi connectivity index (χ1v) is 6.78. The summed E-state index contributed by atoms with van der Waals surface area (Å²) in [5.41, 5.74) is 0.521. The molecule has 18 heavy (non-hydrogen) atoms. The summed E-state index contributed by atoms with van der Waals surface area (Å²) >= 11 is 0. The lowest BCUT2D eigenvalue weighted by Gasteiger charge is -2.38. The Morgan fingerprint density at radius 1 is 1.44 bits per heavy atom. The molecule has 0 bridgehead atoms. The number of aromatic nitrogens is 2. The summed E-state index contributed by atoms with van der Waals surface area (Å²) in [7, 11) is 0. The van der Waals surface area contributed by atoms with E-state index >= 15 is 0 Å². The van der Waals surface area contributed by atoms with Gasteiger partial charge in [0.1, 0.15) is 6.33 Å². The van der Waals surface area contributed by atoms with Gasteiger partial charge in [0, 0.05) is 25.7 Å². The van der Waals surface area contributed by atoms with Crippen molar-refractivity contribution >= 4 is 5.82 Å². The zero-order chi connectivity index (χ0) is 12.5. The average Bonchev–Trinajstić information content (AvgIpc) is 2.87. The van der Waals surface area contributed by atoms with E-state index in [1.807, 2.05) is 6.92 Å². The van der Waals surface area contributed by atoms with E-state index in [1.165, 1.54) is 12.7 Å². The van der Waals surface area contributed by atoms with Crippen LogP contribution in [0.2, 0.25) is 0 Å². The third-order valence-electron chi connectivity index (χ3n) is 4.13. The van der Waals surface area contributed by atoms with Crippen LogP contribution in [-0.4, -0.2) is 35.6 Å². The van der Waals surface area contributed by atoms with Crippen LogP contribution in [-0.2, 0) is 6.42 Å². The third-order valence-corrected chi connectivity index (χ3v) is 4.13. The lowest BCUT2D eigenvalue weighted by atomic mass is 9.92. The second-order valence-corrected chi connectivity index (χ2v) is 5.13. The van der Waals surface area contributed by atoms with Gasteiger partial charge in [0.15, 0.2) is 11.6 Å². The van der Waals surface area contributed by atoms with Crippen molar-refractivity contribution in [1.29, 1.82) is 0 Å². The molecule has 2 saturated heterocycles. The topological polar surface area (TPSA) is 41.1 Å². The fourth-order valence-electron chi connectivity index (χ4n) is 3.17. The van der Waals surface area contributed by atoms with Crippen LogP contribution in [0, 0.1) is 11.7 Å². The van der Waals surface area contributed by atoms with Crippen molar-refractivity contribution in [3.63, 3.8) is 0 Å². The number of anilines is 1. The molecule has 3 rings (SSSR count). The van der Waals surface area contributed by atoms with Gasteiger partial charge in [0.2, 0.25) is 0 Å². The summed E-state index contributed by atoms with van der Waals surface area (Å²) in [4.78, 5) is 10.3. The molecule has 0 spiro atoms.